The van der Waals surface area contributed by atoms with Gasteiger partial charge in [0.1, 0.15) is 6.54 Å². The van der Waals surface area contributed by atoms with Crippen LogP contribution in [-0.2, 0) is 9.59 Å². The largest absolute Gasteiger partial charge is 0.480 e. The van der Waals surface area contributed by atoms with Crippen molar-refractivity contribution in [1.29, 1.82) is 0 Å². The lowest BCUT2D eigenvalue weighted by atomic mass is 10.1. The van der Waals surface area contributed by atoms with Crippen LogP contribution in [0.25, 0.3) is 0 Å². The van der Waals surface area contributed by atoms with E-state index in [9.17, 15) is 14.7 Å². The molecule has 0 saturated carbocycles. The van der Waals surface area contributed by atoms with E-state index in [1.165, 1.54) is 12.1 Å². The minimum absolute atomic E-state index is 0.0220. The number of carbonyl (C=O) groups excluding carboxylic acids is 1. The Kier molecular flexibility index (Phi) is 11.6. The van der Waals surface area contributed by atoms with Crippen LogP contribution in [0.1, 0.15) is 25.7 Å². The minimum Gasteiger partial charge on any atom is -0.480 e. The number of rotatable bonds is 13. The highest BCUT2D eigenvalue weighted by atomic mass is 16.4. The Morgan fingerprint density at radius 3 is 2.59 bits per heavy atom. The van der Waals surface area contributed by atoms with Crippen LogP contribution in [0.15, 0.2) is 0 Å². The highest BCUT2D eigenvalue weighted by molar-refractivity contribution is 5.76. The number of likely N-dealkylation sites (N-methyl/N-ethyl adjacent to an activating group) is 1. The van der Waals surface area contributed by atoms with E-state index in [2.05, 4.69) is 10.7 Å². The molecule has 0 aliphatic carbocycles. The highest BCUT2D eigenvalue weighted by Crippen LogP contribution is 2.00. The first kappa shape index (κ1) is 20.7. The molecule has 22 heavy (non-hydrogen) atoms. The topological polar surface area (TPSA) is 154 Å². The van der Waals surface area contributed by atoms with Crippen molar-refractivity contribution >= 4 is 11.9 Å². The van der Waals surface area contributed by atoms with Gasteiger partial charge in [-0.1, -0.05) is 0 Å². The Balaban J connectivity index is 3.79. The van der Waals surface area contributed by atoms with E-state index < -0.39 is 18.1 Å². The molecule has 1 amide bonds. The van der Waals surface area contributed by atoms with Gasteiger partial charge in [0, 0.05) is 26.1 Å². The summed E-state index contributed by atoms with van der Waals surface area (Å²) in [6, 6.07) is -0.487. The number of carbonyl (C=O) groups is 2. The van der Waals surface area contributed by atoms with E-state index >= 15 is 0 Å². The summed E-state index contributed by atoms with van der Waals surface area (Å²) < 4.78 is 0. The van der Waals surface area contributed by atoms with Gasteiger partial charge in [0.25, 0.3) is 0 Å². The lowest BCUT2D eigenvalue weighted by Crippen LogP contribution is -2.44. The van der Waals surface area contributed by atoms with Crippen LogP contribution in [-0.4, -0.2) is 72.5 Å². The summed E-state index contributed by atoms with van der Waals surface area (Å²) in [5, 5.41) is 22.6. The van der Waals surface area contributed by atoms with Gasteiger partial charge >= 0.3 is 5.97 Å². The molecular formula is C13H29N5O4. The molecule has 0 aromatic carbocycles. The van der Waals surface area contributed by atoms with Crippen LogP contribution >= 0.6 is 0 Å². The van der Waals surface area contributed by atoms with Crippen LogP contribution in [0.5, 0.6) is 0 Å². The molecule has 0 aromatic heterocycles. The Bertz CT molecular complexity index is 330. The summed E-state index contributed by atoms with van der Waals surface area (Å²) in [4.78, 5) is 22.1. The Morgan fingerprint density at radius 1 is 1.32 bits per heavy atom. The Hall–Kier alpha value is -1.26. The highest BCUT2D eigenvalue weighted by Gasteiger charge is 2.15. The van der Waals surface area contributed by atoms with E-state index in [-0.39, 0.29) is 18.9 Å². The number of nitrogens with two attached hydrogens (primary N) is 2. The zero-order chi connectivity index (χ0) is 17.0. The molecule has 8 N–H and O–H groups in total. The molecule has 0 bridgehead atoms. The van der Waals surface area contributed by atoms with Gasteiger partial charge in [-0.05, 0) is 32.4 Å². The summed E-state index contributed by atoms with van der Waals surface area (Å²) in [5.41, 5.74) is 13.6. The van der Waals surface area contributed by atoms with E-state index in [1.807, 2.05) is 0 Å². The third-order valence-electron chi connectivity index (χ3n) is 2.90. The molecule has 2 atom stereocenters. The molecule has 0 saturated heterocycles. The van der Waals surface area contributed by atoms with Crippen molar-refractivity contribution in [2.75, 3.05) is 33.2 Å². The predicted octanol–water partition coefficient (Wildman–Crippen LogP) is -2.17. The normalized spacial score (nSPS) is 13.9. The van der Waals surface area contributed by atoms with Crippen molar-refractivity contribution in [3.05, 3.63) is 0 Å². The number of aliphatic hydroxyl groups is 1. The van der Waals surface area contributed by atoms with Crippen LogP contribution < -0.4 is 22.2 Å². The maximum atomic E-state index is 11.6. The summed E-state index contributed by atoms with van der Waals surface area (Å²) in [6.45, 7) is 1.56. The van der Waals surface area contributed by atoms with Crippen molar-refractivity contribution in [2.24, 2.45) is 11.5 Å². The van der Waals surface area contributed by atoms with Crippen molar-refractivity contribution in [3.8, 4) is 0 Å². The number of unbranched alkanes of at least 4 members (excludes halogenated alkanes) is 1. The van der Waals surface area contributed by atoms with Gasteiger partial charge in [0.2, 0.25) is 5.91 Å². The van der Waals surface area contributed by atoms with Gasteiger partial charge < -0.3 is 27.0 Å². The maximum absolute atomic E-state index is 11.6. The van der Waals surface area contributed by atoms with Gasteiger partial charge in [-0.2, -0.15) is 0 Å². The molecule has 0 rings (SSSR count). The van der Waals surface area contributed by atoms with Crippen LogP contribution in [0.3, 0.4) is 0 Å². The fourth-order valence-corrected chi connectivity index (χ4v) is 1.92. The lowest BCUT2D eigenvalue weighted by Gasteiger charge is -2.19. The number of hydrogen-bond acceptors (Lipinski definition) is 7. The molecule has 0 radical (unpaired) electrons. The number of nitrogens with one attached hydrogen (secondary N) is 2. The molecule has 0 fully saturated rings. The summed E-state index contributed by atoms with van der Waals surface area (Å²) in [6.07, 6.45) is 1.58. The molecule has 0 heterocycles. The molecule has 9 nitrogen and oxygen atoms in total. The van der Waals surface area contributed by atoms with Crippen molar-refractivity contribution in [3.63, 3.8) is 0 Å². The second kappa shape index (κ2) is 12.3. The molecule has 0 unspecified atom stereocenters. The molecule has 0 aliphatic heterocycles. The minimum atomic E-state index is -1.04. The summed E-state index contributed by atoms with van der Waals surface area (Å²) >= 11 is 0. The van der Waals surface area contributed by atoms with Crippen LogP contribution in [0.2, 0.25) is 0 Å². The number of amides is 1. The first-order valence-electron chi connectivity index (χ1n) is 7.42. The molecule has 9 heteroatoms. The molecule has 130 valence electrons. The lowest BCUT2D eigenvalue weighted by molar-refractivity contribution is -0.139. The molecule has 0 aromatic rings. The molecular weight excluding hydrogens is 290 g/mol. The van der Waals surface area contributed by atoms with Crippen molar-refractivity contribution in [2.45, 2.75) is 37.8 Å². The average molecular weight is 319 g/mol. The first-order chi connectivity index (χ1) is 10.3. The van der Waals surface area contributed by atoms with Crippen LogP contribution in [0, 0.1) is 0 Å². The van der Waals surface area contributed by atoms with Gasteiger partial charge in [0.15, 0.2) is 0 Å². The fourth-order valence-electron chi connectivity index (χ4n) is 1.92. The number of carboxylic acids is 1. The first-order valence-corrected chi connectivity index (χ1v) is 7.42. The quantitative estimate of drug-likeness (QED) is 0.166. The van der Waals surface area contributed by atoms with Crippen LogP contribution in [0.4, 0.5) is 0 Å². The standard InChI is InChI=1S/C13H29N5O4/c1-18(9-13(21)22)17-12(20)7-10(15)6-11(19)8-16-5-3-2-4-14/h10-11,16,19H,2-9,14-15H2,1H3,(H,17,20)(H,21,22)/t10-,11-/m1/s1. The van der Waals surface area contributed by atoms with E-state index in [4.69, 9.17) is 16.6 Å². The van der Waals surface area contributed by atoms with Crippen molar-refractivity contribution in [1.82, 2.24) is 15.8 Å². The third-order valence-corrected chi connectivity index (χ3v) is 2.90. The number of aliphatic carboxylic acids is 1. The monoisotopic (exact) mass is 319 g/mol. The Labute approximate surface area is 131 Å². The zero-order valence-corrected chi connectivity index (χ0v) is 13.1. The van der Waals surface area contributed by atoms with Gasteiger partial charge in [0.05, 0.1) is 6.10 Å². The van der Waals surface area contributed by atoms with E-state index in [0.717, 1.165) is 19.4 Å². The van der Waals surface area contributed by atoms with Gasteiger partial charge in [-0.15, -0.1) is 0 Å². The number of hydrogen-bond donors (Lipinski definition) is 6. The average Bonchev–Trinajstić information content (AvgIpc) is 2.36. The smallest absolute Gasteiger partial charge is 0.319 e. The van der Waals surface area contributed by atoms with Gasteiger partial charge in [-0.25, -0.2) is 5.01 Å². The molecule has 0 spiro atoms. The molecule has 0 aliphatic rings. The summed E-state index contributed by atoms with van der Waals surface area (Å²) in [7, 11) is 1.46. The maximum Gasteiger partial charge on any atom is 0.319 e. The van der Waals surface area contributed by atoms with Crippen molar-refractivity contribution < 1.29 is 19.8 Å². The number of aliphatic hydroxyl groups excluding tert-OH is 1. The number of nitrogens with zero attached hydrogens (tertiary/aromatic N) is 1. The fraction of sp³-hybridized carbons (Fsp3) is 0.846. The van der Waals surface area contributed by atoms with Gasteiger partial charge in [-0.3, -0.25) is 15.0 Å². The second-order valence-corrected chi connectivity index (χ2v) is 5.34. The second-order valence-electron chi connectivity index (χ2n) is 5.34. The van der Waals surface area contributed by atoms with E-state index in [0.29, 0.717) is 19.5 Å². The number of carboxylic acid groups (broad SMARTS) is 1. The van der Waals surface area contributed by atoms with E-state index in [1.54, 1.807) is 0 Å². The number of hydrazine groups is 1. The zero-order valence-electron chi connectivity index (χ0n) is 13.1. The SMILES string of the molecule is CN(CC(=O)O)NC(=O)C[C@H](N)C[C@@H](O)CNCCCCN. The summed E-state index contributed by atoms with van der Waals surface area (Å²) in [5.74, 6) is -1.41. The Morgan fingerprint density at radius 2 is 2.00 bits per heavy atom. The predicted molar refractivity (Wildman–Crippen MR) is 82.8 cm³/mol. The third kappa shape index (κ3) is 12.5.